The fourth-order valence-corrected chi connectivity index (χ4v) is 4.87. The number of aliphatic hydroxyl groups is 1. The van der Waals surface area contributed by atoms with E-state index in [4.69, 9.17) is 9.47 Å². The lowest BCUT2D eigenvalue weighted by Crippen LogP contribution is -2.52. The molecular weight excluding hydrogens is 448 g/mol. The zero-order valence-corrected chi connectivity index (χ0v) is 20.2. The van der Waals surface area contributed by atoms with Crippen molar-refractivity contribution in [3.63, 3.8) is 0 Å². The molecule has 1 saturated heterocycles. The van der Waals surface area contributed by atoms with Crippen LogP contribution in [-0.4, -0.2) is 61.0 Å². The number of hydrogen-bond donors (Lipinski definition) is 1. The van der Waals surface area contributed by atoms with Gasteiger partial charge in [-0.05, 0) is 43.2 Å². The van der Waals surface area contributed by atoms with Crippen molar-refractivity contribution in [1.82, 2.24) is 4.90 Å². The zero-order chi connectivity index (χ0) is 25.2. The molecular formula is C27H30N2O6. The number of anilines is 1. The Morgan fingerprint density at radius 1 is 0.943 bits per heavy atom. The summed E-state index contributed by atoms with van der Waals surface area (Å²) < 4.78 is 10.8. The zero-order valence-electron chi connectivity index (χ0n) is 20.2. The second-order valence-electron chi connectivity index (χ2n) is 8.56. The number of ketones is 1. The van der Waals surface area contributed by atoms with Gasteiger partial charge in [0.2, 0.25) is 0 Å². The van der Waals surface area contributed by atoms with E-state index in [1.54, 1.807) is 47.4 Å². The molecule has 35 heavy (non-hydrogen) atoms. The number of Topliss-reactive ketones (excluding diaryl/α,β-unsaturated/α-hetero) is 1. The van der Waals surface area contributed by atoms with Crippen molar-refractivity contribution in [1.29, 1.82) is 0 Å². The first-order chi connectivity index (χ1) is 16.9. The van der Waals surface area contributed by atoms with Crippen molar-refractivity contribution in [2.24, 2.45) is 0 Å². The van der Waals surface area contributed by atoms with E-state index in [1.807, 2.05) is 19.9 Å². The maximum absolute atomic E-state index is 14.1. The Kier molecular flexibility index (Phi) is 6.93. The summed E-state index contributed by atoms with van der Waals surface area (Å²) in [5.41, 5.74) is -0.551. The van der Waals surface area contributed by atoms with Gasteiger partial charge in [0.25, 0.3) is 17.6 Å². The molecule has 8 nitrogen and oxygen atoms in total. The molecule has 0 saturated carbocycles. The molecule has 2 aromatic rings. The number of methoxy groups -OCH3 is 1. The largest absolute Gasteiger partial charge is 0.507 e. The molecule has 2 heterocycles. The van der Waals surface area contributed by atoms with Crippen LogP contribution >= 0.6 is 0 Å². The maximum atomic E-state index is 14.1. The second kappa shape index (κ2) is 9.92. The third-order valence-corrected chi connectivity index (χ3v) is 6.38. The Bertz CT molecular complexity index is 1170. The number of benzene rings is 2. The Labute approximate surface area is 204 Å². The van der Waals surface area contributed by atoms with Gasteiger partial charge in [0.05, 0.1) is 24.5 Å². The summed E-state index contributed by atoms with van der Waals surface area (Å²) in [6, 6.07) is 13.7. The van der Waals surface area contributed by atoms with Crippen molar-refractivity contribution in [3.05, 3.63) is 65.2 Å². The van der Waals surface area contributed by atoms with E-state index in [2.05, 4.69) is 0 Å². The van der Waals surface area contributed by atoms with Crippen molar-refractivity contribution < 1.29 is 29.0 Å². The van der Waals surface area contributed by atoms with Gasteiger partial charge < -0.3 is 24.4 Å². The van der Waals surface area contributed by atoms with Gasteiger partial charge in [0.15, 0.2) is 5.54 Å². The molecule has 2 aromatic carbocycles. The number of aliphatic hydroxyl groups excluding tert-OH is 1. The van der Waals surface area contributed by atoms with Crippen molar-refractivity contribution >= 4 is 29.0 Å². The molecule has 0 aromatic heterocycles. The average Bonchev–Trinajstić information content (AvgIpc) is 3.25. The molecule has 2 amide bonds. The summed E-state index contributed by atoms with van der Waals surface area (Å²) in [6.07, 6.45) is 1.53. The van der Waals surface area contributed by atoms with Crippen LogP contribution in [0.4, 0.5) is 5.69 Å². The number of fused-ring (bicyclic) bond motifs is 2. The topological polar surface area (TPSA) is 96.4 Å². The smallest absolute Gasteiger partial charge is 0.296 e. The number of likely N-dealkylation sites (tertiary alicyclic amines) is 1. The fourth-order valence-electron chi connectivity index (χ4n) is 4.87. The van der Waals surface area contributed by atoms with Gasteiger partial charge in [0, 0.05) is 31.3 Å². The van der Waals surface area contributed by atoms with Crippen molar-refractivity contribution in [3.8, 4) is 5.75 Å². The number of rotatable bonds is 9. The van der Waals surface area contributed by atoms with Crippen LogP contribution in [0.1, 0.15) is 37.8 Å². The number of nitrogens with zero attached hydrogens (tertiary/aromatic N) is 2. The molecule has 0 bridgehead atoms. The second-order valence-corrected chi connectivity index (χ2v) is 8.56. The Hall–Kier alpha value is -3.65. The number of amides is 2. The lowest BCUT2D eigenvalue weighted by atomic mass is 9.82. The predicted molar refractivity (Wildman–Crippen MR) is 131 cm³/mol. The van der Waals surface area contributed by atoms with Gasteiger partial charge >= 0.3 is 0 Å². The van der Waals surface area contributed by atoms with Crippen molar-refractivity contribution in [2.75, 3.05) is 38.3 Å². The summed E-state index contributed by atoms with van der Waals surface area (Å²) in [6.45, 7) is 5.06. The minimum Gasteiger partial charge on any atom is -0.507 e. The van der Waals surface area contributed by atoms with Crippen LogP contribution in [-0.2, 0) is 24.7 Å². The standard InChI is InChI=1S/C27H30N2O6/c1-4-14-28-21-9-7-6-8-20(21)27(26(28)33)22(24(31)25(32)29(27)15-17-34-3)23(30)18-10-12-19(13-11-18)35-16-5-2/h6-13,30H,4-5,14-17H2,1-3H3/b23-22+. The predicted octanol–water partition coefficient (Wildman–Crippen LogP) is 3.45. The quantitative estimate of drug-likeness (QED) is 0.337. The van der Waals surface area contributed by atoms with E-state index in [0.717, 1.165) is 6.42 Å². The first kappa shape index (κ1) is 24.5. The number of carbonyl (C=O) groups excluding carboxylic acids is 3. The number of carbonyl (C=O) groups is 3. The molecule has 0 radical (unpaired) electrons. The lowest BCUT2D eigenvalue weighted by molar-refractivity contribution is -0.144. The normalized spacial score (nSPS) is 20.7. The van der Waals surface area contributed by atoms with Crippen LogP contribution in [0.3, 0.4) is 0 Å². The summed E-state index contributed by atoms with van der Waals surface area (Å²) in [5, 5.41) is 11.4. The minimum absolute atomic E-state index is 0.0156. The Morgan fingerprint density at radius 2 is 1.66 bits per heavy atom. The highest BCUT2D eigenvalue weighted by Gasteiger charge is 2.66. The van der Waals surface area contributed by atoms with Crippen LogP contribution < -0.4 is 9.64 Å². The summed E-state index contributed by atoms with van der Waals surface area (Å²) >= 11 is 0. The highest BCUT2D eigenvalue weighted by atomic mass is 16.5. The average molecular weight is 479 g/mol. The van der Waals surface area contributed by atoms with Gasteiger partial charge in [-0.15, -0.1) is 0 Å². The first-order valence-corrected chi connectivity index (χ1v) is 11.9. The highest BCUT2D eigenvalue weighted by Crippen LogP contribution is 2.53. The van der Waals surface area contributed by atoms with Gasteiger partial charge in [-0.2, -0.15) is 0 Å². The molecule has 2 aliphatic heterocycles. The molecule has 1 atom stereocenters. The Morgan fingerprint density at radius 3 is 2.31 bits per heavy atom. The third kappa shape index (κ3) is 3.78. The molecule has 184 valence electrons. The number of hydrogen-bond acceptors (Lipinski definition) is 6. The molecule has 2 aliphatic rings. The van der Waals surface area contributed by atoms with E-state index in [9.17, 15) is 19.5 Å². The molecule has 1 unspecified atom stereocenters. The summed E-state index contributed by atoms with van der Waals surface area (Å²) in [4.78, 5) is 43.7. The third-order valence-electron chi connectivity index (χ3n) is 6.38. The monoisotopic (exact) mass is 478 g/mol. The molecule has 0 aliphatic carbocycles. The van der Waals surface area contributed by atoms with E-state index >= 15 is 0 Å². The van der Waals surface area contributed by atoms with E-state index in [0.29, 0.717) is 42.1 Å². The minimum atomic E-state index is -1.76. The van der Waals surface area contributed by atoms with Gasteiger partial charge in [-0.1, -0.05) is 32.0 Å². The van der Waals surface area contributed by atoms with Crippen LogP contribution in [0.15, 0.2) is 54.1 Å². The van der Waals surface area contributed by atoms with E-state index in [1.165, 1.54) is 12.0 Å². The highest BCUT2D eigenvalue weighted by molar-refractivity contribution is 6.50. The Balaban J connectivity index is 1.95. The number of para-hydroxylation sites is 1. The molecule has 4 rings (SSSR count). The van der Waals surface area contributed by atoms with E-state index < -0.39 is 28.9 Å². The van der Waals surface area contributed by atoms with Crippen molar-refractivity contribution in [2.45, 2.75) is 32.2 Å². The molecule has 1 spiro atoms. The van der Waals surface area contributed by atoms with E-state index in [-0.39, 0.29) is 18.7 Å². The van der Waals surface area contributed by atoms with Gasteiger partial charge in [-0.3, -0.25) is 14.4 Å². The molecule has 8 heteroatoms. The van der Waals surface area contributed by atoms with Crippen LogP contribution in [0.25, 0.3) is 5.76 Å². The van der Waals surface area contributed by atoms with Crippen LogP contribution in [0.2, 0.25) is 0 Å². The lowest BCUT2D eigenvalue weighted by Gasteiger charge is -2.34. The molecule has 1 fully saturated rings. The first-order valence-electron chi connectivity index (χ1n) is 11.9. The molecule has 1 N–H and O–H groups in total. The summed E-state index contributed by atoms with van der Waals surface area (Å²) in [5.74, 6) is -1.94. The number of ether oxygens (including phenoxy) is 2. The SMILES string of the molecule is CCCOc1ccc(/C(O)=C2/C(=O)C(=O)N(CCOC)C23C(=O)N(CCC)c2ccccc23)cc1. The maximum Gasteiger partial charge on any atom is 0.296 e. The summed E-state index contributed by atoms with van der Waals surface area (Å²) in [7, 11) is 1.49. The fraction of sp³-hybridized carbons (Fsp3) is 0.370. The van der Waals surface area contributed by atoms with Gasteiger partial charge in [-0.25, -0.2) is 0 Å². The van der Waals surface area contributed by atoms with Gasteiger partial charge in [0.1, 0.15) is 11.5 Å². The van der Waals surface area contributed by atoms with Crippen LogP contribution in [0, 0.1) is 0 Å². The van der Waals surface area contributed by atoms with Crippen LogP contribution in [0.5, 0.6) is 5.75 Å².